The largest absolute Gasteiger partial charge is 0.368 e. The molecule has 2 heterocycles. The predicted octanol–water partition coefficient (Wildman–Crippen LogP) is 0.531. The molecule has 1 aromatic heterocycles. The number of H-pyrrole nitrogens is 1. The van der Waals surface area contributed by atoms with E-state index in [1.54, 1.807) is 0 Å². The Morgan fingerprint density at radius 1 is 1.50 bits per heavy atom. The Hall–Kier alpha value is -1.30. The van der Waals surface area contributed by atoms with Crippen LogP contribution in [0.1, 0.15) is 19.8 Å². The fourth-order valence-electron chi connectivity index (χ4n) is 1.96. The normalized spacial score (nSPS) is 18.8. The third kappa shape index (κ3) is 3.10. The highest BCUT2D eigenvalue weighted by Gasteiger charge is 2.14. The van der Waals surface area contributed by atoms with E-state index in [1.165, 1.54) is 25.9 Å². The molecule has 1 saturated heterocycles. The van der Waals surface area contributed by atoms with Gasteiger partial charge in [-0.15, -0.1) is 5.10 Å². The molecular formula is C10H20N6. The number of nitrogens with two attached hydrogens (primary N) is 1. The lowest BCUT2D eigenvalue weighted by Crippen LogP contribution is -2.36. The summed E-state index contributed by atoms with van der Waals surface area (Å²) in [5, 5.41) is 9.67. The number of nitrogen functional groups attached to an aromatic ring is 1. The van der Waals surface area contributed by atoms with Crippen molar-refractivity contribution in [2.75, 3.05) is 37.2 Å². The van der Waals surface area contributed by atoms with Gasteiger partial charge in [-0.05, 0) is 31.8 Å². The van der Waals surface area contributed by atoms with E-state index in [0.29, 0.717) is 11.9 Å². The van der Waals surface area contributed by atoms with Gasteiger partial charge in [0.15, 0.2) is 0 Å². The van der Waals surface area contributed by atoms with Crippen molar-refractivity contribution >= 4 is 11.9 Å². The van der Waals surface area contributed by atoms with Crippen molar-refractivity contribution < 1.29 is 0 Å². The summed E-state index contributed by atoms with van der Waals surface area (Å²) in [6.07, 6.45) is 2.63. The quantitative estimate of drug-likeness (QED) is 0.695. The van der Waals surface area contributed by atoms with Gasteiger partial charge >= 0.3 is 0 Å². The summed E-state index contributed by atoms with van der Waals surface area (Å²) in [6, 6.07) is 0. The number of anilines is 2. The lowest BCUT2D eigenvalue weighted by atomic mass is 9.99. The van der Waals surface area contributed by atoms with E-state index >= 15 is 0 Å². The van der Waals surface area contributed by atoms with E-state index in [4.69, 9.17) is 5.73 Å². The lowest BCUT2D eigenvalue weighted by molar-refractivity contribution is 0.199. The minimum absolute atomic E-state index is 0.356. The van der Waals surface area contributed by atoms with Gasteiger partial charge in [0, 0.05) is 13.1 Å². The highest BCUT2D eigenvalue weighted by atomic mass is 15.3. The standard InChI is InChI=1S/C10H20N6/c1-8-2-5-16(6-3-8)7-4-12-10-13-9(11)14-15-10/h8H,2-7H2,1H3,(H4,11,12,13,14,15). The first-order valence-corrected chi connectivity index (χ1v) is 5.88. The SMILES string of the molecule is CC1CCN(CCNc2n[nH]c(N)n2)CC1. The van der Waals surface area contributed by atoms with Gasteiger partial charge in [-0.25, -0.2) is 5.10 Å². The molecule has 0 amide bonds. The molecule has 6 heteroatoms. The molecule has 1 aliphatic rings. The third-order valence-corrected chi connectivity index (χ3v) is 3.09. The summed E-state index contributed by atoms with van der Waals surface area (Å²) >= 11 is 0. The molecule has 0 radical (unpaired) electrons. The van der Waals surface area contributed by atoms with Crippen LogP contribution in [0.4, 0.5) is 11.9 Å². The van der Waals surface area contributed by atoms with E-state index in [9.17, 15) is 0 Å². The van der Waals surface area contributed by atoms with Crippen LogP contribution in [0.15, 0.2) is 0 Å². The van der Waals surface area contributed by atoms with Crippen LogP contribution in [0.3, 0.4) is 0 Å². The number of piperidine rings is 1. The fourth-order valence-corrected chi connectivity index (χ4v) is 1.96. The monoisotopic (exact) mass is 224 g/mol. The Morgan fingerprint density at radius 3 is 2.88 bits per heavy atom. The summed E-state index contributed by atoms with van der Waals surface area (Å²) < 4.78 is 0. The number of hydrogen-bond acceptors (Lipinski definition) is 5. The van der Waals surface area contributed by atoms with Gasteiger partial charge in [0.25, 0.3) is 0 Å². The average Bonchev–Trinajstić information content (AvgIpc) is 2.67. The van der Waals surface area contributed by atoms with Crippen LogP contribution in [-0.4, -0.2) is 46.3 Å². The van der Waals surface area contributed by atoms with Gasteiger partial charge in [-0.1, -0.05) is 6.92 Å². The molecule has 0 saturated carbocycles. The molecule has 0 unspecified atom stereocenters. The van der Waals surface area contributed by atoms with Crippen molar-refractivity contribution in [3.63, 3.8) is 0 Å². The first kappa shape index (κ1) is 11.2. The second kappa shape index (κ2) is 5.16. The van der Waals surface area contributed by atoms with Crippen LogP contribution in [-0.2, 0) is 0 Å². The first-order chi connectivity index (χ1) is 7.74. The summed E-state index contributed by atoms with van der Waals surface area (Å²) in [5.74, 6) is 1.83. The number of nitrogens with zero attached hydrogens (tertiary/aromatic N) is 3. The molecule has 0 bridgehead atoms. The molecule has 90 valence electrons. The second-order valence-corrected chi connectivity index (χ2v) is 4.50. The van der Waals surface area contributed by atoms with Crippen LogP contribution < -0.4 is 11.1 Å². The van der Waals surface area contributed by atoms with Crippen molar-refractivity contribution in [1.29, 1.82) is 0 Å². The number of nitrogens with one attached hydrogen (secondary N) is 2. The Balaban J connectivity index is 1.64. The minimum atomic E-state index is 0.356. The first-order valence-electron chi connectivity index (χ1n) is 5.88. The Morgan fingerprint density at radius 2 is 2.25 bits per heavy atom. The molecule has 4 N–H and O–H groups in total. The summed E-state index contributed by atoms with van der Waals surface area (Å²) in [6.45, 7) is 6.65. The summed E-state index contributed by atoms with van der Waals surface area (Å²) in [7, 11) is 0. The van der Waals surface area contributed by atoms with Gasteiger partial charge in [-0.2, -0.15) is 4.98 Å². The molecule has 0 atom stereocenters. The van der Waals surface area contributed by atoms with Crippen LogP contribution >= 0.6 is 0 Å². The van der Waals surface area contributed by atoms with E-state index in [0.717, 1.165) is 19.0 Å². The number of aromatic nitrogens is 3. The molecule has 16 heavy (non-hydrogen) atoms. The zero-order valence-electron chi connectivity index (χ0n) is 9.74. The van der Waals surface area contributed by atoms with Gasteiger partial charge in [-0.3, -0.25) is 0 Å². The smallest absolute Gasteiger partial charge is 0.243 e. The number of rotatable bonds is 4. The van der Waals surface area contributed by atoms with Crippen LogP contribution in [0, 0.1) is 5.92 Å². The van der Waals surface area contributed by atoms with Gasteiger partial charge < -0.3 is 16.0 Å². The van der Waals surface area contributed by atoms with Crippen molar-refractivity contribution in [1.82, 2.24) is 20.1 Å². The minimum Gasteiger partial charge on any atom is -0.368 e. The molecule has 1 fully saturated rings. The molecule has 0 aromatic carbocycles. The molecular weight excluding hydrogens is 204 g/mol. The fraction of sp³-hybridized carbons (Fsp3) is 0.800. The Labute approximate surface area is 95.6 Å². The zero-order valence-corrected chi connectivity index (χ0v) is 9.74. The van der Waals surface area contributed by atoms with Crippen molar-refractivity contribution in [2.24, 2.45) is 5.92 Å². The van der Waals surface area contributed by atoms with Gasteiger partial charge in [0.1, 0.15) is 0 Å². The molecule has 1 aliphatic heterocycles. The molecule has 1 aromatic rings. The third-order valence-electron chi connectivity index (χ3n) is 3.09. The maximum absolute atomic E-state index is 5.43. The topological polar surface area (TPSA) is 82.9 Å². The lowest BCUT2D eigenvalue weighted by Gasteiger charge is -2.29. The van der Waals surface area contributed by atoms with Crippen molar-refractivity contribution in [3.05, 3.63) is 0 Å². The van der Waals surface area contributed by atoms with Gasteiger partial charge in [0.05, 0.1) is 0 Å². The zero-order chi connectivity index (χ0) is 11.4. The number of hydrogen-bond donors (Lipinski definition) is 3. The average molecular weight is 224 g/mol. The summed E-state index contributed by atoms with van der Waals surface area (Å²) in [5.41, 5.74) is 5.43. The van der Waals surface area contributed by atoms with Crippen LogP contribution in [0.5, 0.6) is 0 Å². The van der Waals surface area contributed by atoms with Crippen molar-refractivity contribution in [3.8, 4) is 0 Å². The highest BCUT2D eigenvalue weighted by Crippen LogP contribution is 2.15. The number of likely N-dealkylation sites (tertiary alicyclic amines) is 1. The van der Waals surface area contributed by atoms with Crippen LogP contribution in [0.25, 0.3) is 0 Å². The molecule has 6 nitrogen and oxygen atoms in total. The van der Waals surface area contributed by atoms with E-state index in [1.807, 2.05) is 0 Å². The predicted molar refractivity (Wildman–Crippen MR) is 64.1 cm³/mol. The van der Waals surface area contributed by atoms with Crippen molar-refractivity contribution in [2.45, 2.75) is 19.8 Å². The second-order valence-electron chi connectivity index (χ2n) is 4.50. The van der Waals surface area contributed by atoms with E-state index in [-0.39, 0.29) is 0 Å². The maximum atomic E-state index is 5.43. The Bertz CT molecular complexity index is 315. The molecule has 0 aliphatic carbocycles. The van der Waals surface area contributed by atoms with Crippen LogP contribution in [0.2, 0.25) is 0 Å². The van der Waals surface area contributed by atoms with E-state index in [2.05, 4.69) is 32.3 Å². The highest BCUT2D eigenvalue weighted by molar-refractivity contribution is 5.29. The van der Waals surface area contributed by atoms with E-state index < -0.39 is 0 Å². The number of aromatic amines is 1. The molecule has 2 rings (SSSR count). The maximum Gasteiger partial charge on any atom is 0.243 e. The Kier molecular flexibility index (Phi) is 3.61. The summed E-state index contributed by atoms with van der Waals surface area (Å²) in [4.78, 5) is 6.46. The van der Waals surface area contributed by atoms with Gasteiger partial charge in [0.2, 0.25) is 11.9 Å². The molecule has 0 spiro atoms.